The molecular formula is C21H20O4. The fourth-order valence-corrected chi connectivity index (χ4v) is 2.78. The molecule has 0 aliphatic rings. The Bertz CT molecular complexity index is 998. The van der Waals surface area contributed by atoms with Crippen LogP contribution < -0.4 is 5.63 Å². The van der Waals surface area contributed by atoms with Gasteiger partial charge in [0, 0.05) is 17.0 Å². The van der Waals surface area contributed by atoms with Crippen molar-refractivity contribution in [1.29, 1.82) is 0 Å². The highest BCUT2D eigenvalue weighted by atomic mass is 16.5. The fourth-order valence-electron chi connectivity index (χ4n) is 2.78. The number of carbonyl (C=O) groups is 1. The average Bonchev–Trinajstić information content (AvgIpc) is 2.56. The van der Waals surface area contributed by atoms with Crippen molar-refractivity contribution < 1.29 is 13.9 Å². The predicted molar refractivity (Wildman–Crippen MR) is 96.6 cm³/mol. The molecule has 2 aromatic carbocycles. The first kappa shape index (κ1) is 17.0. The highest BCUT2D eigenvalue weighted by molar-refractivity contribution is 5.82. The minimum atomic E-state index is -0.444. The van der Waals surface area contributed by atoms with Crippen LogP contribution in [0.25, 0.3) is 11.0 Å². The molecule has 0 N–H and O–H groups in total. The molecule has 0 atom stereocenters. The zero-order valence-corrected chi connectivity index (χ0v) is 14.6. The Morgan fingerprint density at radius 2 is 1.68 bits per heavy atom. The van der Waals surface area contributed by atoms with Crippen molar-refractivity contribution in [3.63, 3.8) is 0 Å². The molecule has 0 spiro atoms. The maximum atomic E-state index is 12.2. The summed E-state index contributed by atoms with van der Waals surface area (Å²) in [4.78, 5) is 23.9. The minimum absolute atomic E-state index is 0.0509. The van der Waals surface area contributed by atoms with E-state index in [0.29, 0.717) is 11.1 Å². The monoisotopic (exact) mass is 336 g/mol. The van der Waals surface area contributed by atoms with Gasteiger partial charge in [-0.15, -0.1) is 0 Å². The van der Waals surface area contributed by atoms with Crippen molar-refractivity contribution in [3.8, 4) is 0 Å². The maximum absolute atomic E-state index is 12.2. The number of hydrogen-bond donors (Lipinski definition) is 0. The highest BCUT2D eigenvalue weighted by Crippen LogP contribution is 2.22. The first-order valence-electron chi connectivity index (χ1n) is 8.18. The van der Waals surface area contributed by atoms with E-state index in [9.17, 15) is 9.59 Å². The van der Waals surface area contributed by atoms with Gasteiger partial charge in [-0.05, 0) is 55.2 Å². The molecule has 0 bridgehead atoms. The van der Waals surface area contributed by atoms with Crippen LogP contribution in [0.1, 0.15) is 27.8 Å². The second-order valence-electron chi connectivity index (χ2n) is 6.29. The van der Waals surface area contributed by atoms with Crippen LogP contribution in [-0.2, 0) is 22.6 Å². The molecule has 0 aliphatic carbocycles. The Morgan fingerprint density at radius 3 is 2.44 bits per heavy atom. The van der Waals surface area contributed by atoms with Gasteiger partial charge < -0.3 is 9.15 Å². The van der Waals surface area contributed by atoms with Gasteiger partial charge in [0.1, 0.15) is 12.2 Å². The van der Waals surface area contributed by atoms with Crippen molar-refractivity contribution in [2.24, 2.45) is 0 Å². The number of fused-ring (bicyclic) bond motifs is 1. The van der Waals surface area contributed by atoms with Gasteiger partial charge in [0.2, 0.25) is 0 Å². The normalized spacial score (nSPS) is 10.8. The maximum Gasteiger partial charge on any atom is 0.336 e. The molecule has 0 saturated carbocycles. The Morgan fingerprint density at radius 1 is 0.960 bits per heavy atom. The molecule has 0 fully saturated rings. The Balaban J connectivity index is 1.81. The van der Waals surface area contributed by atoms with E-state index < -0.39 is 5.63 Å². The molecule has 4 heteroatoms. The Hall–Kier alpha value is -2.88. The third-order valence-corrected chi connectivity index (χ3v) is 4.43. The summed E-state index contributed by atoms with van der Waals surface area (Å²) in [5, 5.41) is 0.798. The van der Waals surface area contributed by atoms with E-state index in [4.69, 9.17) is 9.15 Å². The van der Waals surface area contributed by atoms with E-state index in [2.05, 4.69) is 0 Å². The van der Waals surface area contributed by atoms with E-state index >= 15 is 0 Å². The predicted octanol–water partition coefficient (Wildman–Crippen LogP) is 4.00. The van der Waals surface area contributed by atoms with Gasteiger partial charge in [0.05, 0.1) is 6.42 Å². The van der Waals surface area contributed by atoms with Crippen LogP contribution in [-0.4, -0.2) is 5.97 Å². The lowest BCUT2D eigenvalue weighted by molar-refractivity contribution is -0.144. The quantitative estimate of drug-likeness (QED) is 0.534. The summed E-state index contributed by atoms with van der Waals surface area (Å²) in [6, 6.07) is 12.9. The van der Waals surface area contributed by atoms with Crippen LogP contribution in [0.15, 0.2) is 51.7 Å². The third-order valence-electron chi connectivity index (χ3n) is 4.43. The first-order chi connectivity index (χ1) is 11.9. The molecule has 25 heavy (non-hydrogen) atoms. The van der Waals surface area contributed by atoms with E-state index in [1.807, 2.05) is 57.2 Å². The van der Waals surface area contributed by atoms with Crippen LogP contribution in [0, 0.1) is 20.8 Å². The van der Waals surface area contributed by atoms with Crippen molar-refractivity contribution >= 4 is 16.9 Å². The fraction of sp³-hybridized carbons (Fsp3) is 0.238. The van der Waals surface area contributed by atoms with Crippen LogP contribution in [0.5, 0.6) is 0 Å². The highest BCUT2D eigenvalue weighted by Gasteiger charge is 2.11. The largest absolute Gasteiger partial charge is 0.461 e. The molecule has 3 aromatic rings. The van der Waals surface area contributed by atoms with E-state index in [1.165, 1.54) is 6.07 Å². The lowest BCUT2D eigenvalue weighted by atomic mass is 10.0. The van der Waals surface area contributed by atoms with Crippen molar-refractivity contribution in [3.05, 3.63) is 80.7 Å². The number of benzene rings is 2. The number of ether oxygens (including phenoxy) is 1. The Kier molecular flexibility index (Phi) is 4.70. The van der Waals surface area contributed by atoms with Gasteiger partial charge >= 0.3 is 11.6 Å². The summed E-state index contributed by atoms with van der Waals surface area (Å²) >= 11 is 0. The van der Waals surface area contributed by atoms with Crippen LogP contribution >= 0.6 is 0 Å². The van der Waals surface area contributed by atoms with Gasteiger partial charge in [0.25, 0.3) is 0 Å². The first-order valence-corrected chi connectivity index (χ1v) is 8.18. The molecule has 0 aliphatic heterocycles. The molecule has 1 heterocycles. The summed E-state index contributed by atoms with van der Waals surface area (Å²) in [7, 11) is 0. The molecule has 4 nitrogen and oxygen atoms in total. The minimum Gasteiger partial charge on any atom is -0.461 e. The van der Waals surface area contributed by atoms with E-state index in [-0.39, 0.29) is 19.0 Å². The molecule has 1 aromatic heterocycles. The molecule has 0 saturated heterocycles. The summed E-state index contributed by atoms with van der Waals surface area (Å²) in [5.74, 6) is -0.320. The van der Waals surface area contributed by atoms with Crippen LogP contribution in [0.3, 0.4) is 0 Å². The van der Waals surface area contributed by atoms with Crippen LogP contribution in [0.4, 0.5) is 0 Å². The molecule has 0 amide bonds. The number of hydrogen-bond acceptors (Lipinski definition) is 4. The second kappa shape index (κ2) is 6.93. The molecule has 0 radical (unpaired) electrons. The number of carbonyl (C=O) groups excluding carboxylic acids is 1. The zero-order valence-electron chi connectivity index (χ0n) is 14.6. The van der Waals surface area contributed by atoms with Crippen molar-refractivity contribution in [2.45, 2.75) is 33.8 Å². The zero-order chi connectivity index (χ0) is 18.0. The van der Waals surface area contributed by atoms with Gasteiger partial charge in [-0.25, -0.2) is 4.79 Å². The summed E-state index contributed by atoms with van der Waals surface area (Å²) in [5.41, 5.74) is 4.86. The number of aryl methyl sites for hydroxylation is 3. The second-order valence-corrected chi connectivity index (χ2v) is 6.29. The average molecular weight is 336 g/mol. The standard InChI is InChI=1S/C21H20O4/c1-13-6-4-5-7-16(13)10-20(22)24-12-17-11-21(23)25-19-9-15(3)14(2)8-18(17)19/h4-9,11H,10,12H2,1-3H3. The Labute approximate surface area is 146 Å². The molecular weight excluding hydrogens is 316 g/mol. The van der Waals surface area contributed by atoms with Gasteiger partial charge in [-0.1, -0.05) is 24.3 Å². The molecule has 0 unspecified atom stereocenters. The van der Waals surface area contributed by atoms with Crippen molar-refractivity contribution in [1.82, 2.24) is 0 Å². The molecule has 3 rings (SSSR count). The number of rotatable bonds is 4. The van der Waals surface area contributed by atoms with E-state index in [1.54, 1.807) is 0 Å². The number of esters is 1. The SMILES string of the molecule is Cc1cc2oc(=O)cc(COC(=O)Cc3ccccc3C)c2cc1C. The smallest absolute Gasteiger partial charge is 0.336 e. The van der Waals surface area contributed by atoms with Gasteiger partial charge in [0.15, 0.2) is 0 Å². The van der Waals surface area contributed by atoms with Crippen LogP contribution in [0.2, 0.25) is 0 Å². The summed E-state index contributed by atoms with van der Waals surface area (Å²) < 4.78 is 10.7. The van der Waals surface area contributed by atoms with Gasteiger partial charge in [-0.3, -0.25) is 4.79 Å². The van der Waals surface area contributed by atoms with Crippen molar-refractivity contribution in [2.75, 3.05) is 0 Å². The van der Waals surface area contributed by atoms with E-state index in [0.717, 1.165) is 27.6 Å². The lowest BCUT2D eigenvalue weighted by Crippen LogP contribution is -2.10. The third kappa shape index (κ3) is 3.79. The molecule has 128 valence electrons. The lowest BCUT2D eigenvalue weighted by Gasteiger charge is -2.10. The van der Waals surface area contributed by atoms with Gasteiger partial charge in [-0.2, -0.15) is 0 Å². The topological polar surface area (TPSA) is 56.5 Å². The summed E-state index contributed by atoms with van der Waals surface area (Å²) in [6.45, 7) is 5.97. The summed E-state index contributed by atoms with van der Waals surface area (Å²) in [6.07, 6.45) is 0.212.